The Balaban J connectivity index is 1.61. The van der Waals surface area contributed by atoms with Crippen LogP contribution in [0.2, 0.25) is 0 Å². The molecular weight excluding hydrogens is 403 g/mol. The summed E-state index contributed by atoms with van der Waals surface area (Å²) in [4.78, 5) is 20.9. The first kappa shape index (κ1) is 20.5. The molecule has 3 aromatic carbocycles. The monoisotopic (exact) mass is 421 g/mol. The minimum atomic E-state index is -4.37. The number of aromatic nitrogens is 2. The van der Waals surface area contributed by atoms with E-state index in [2.05, 4.69) is 15.3 Å². The van der Waals surface area contributed by atoms with Gasteiger partial charge in [0, 0.05) is 18.0 Å². The highest BCUT2D eigenvalue weighted by atomic mass is 19.4. The van der Waals surface area contributed by atoms with E-state index in [1.54, 1.807) is 30.7 Å². The van der Waals surface area contributed by atoms with Gasteiger partial charge in [-0.2, -0.15) is 13.2 Å². The lowest BCUT2D eigenvalue weighted by molar-refractivity contribution is -0.137. The number of halogens is 3. The van der Waals surface area contributed by atoms with Crippen LogP contribution in [0.4, 0.5) is 13.2 Å². The summed E-state index contributed by atoms with van der Waals surface area (Å²) in [5, 5.41) is 4.56. The van der Waals surface area contributed by atoms with Crippen molar-refractivity contribution in [3.8, 4) is 11.1 Å². The van der Waals surface area contributed by atoms with Gasteiger partial charge in [0.1, 0.15) is 0 Å². The maximum Gasteiger partial charge on any atom is 0.416 e. The van der Waals surface area contributed by atoms with Crippen molar-refractivity contribution in [2.75, 3.05) is 0 Å². The Morgan fingerprint density at radius 2 is 1.77 bits per heavy atom. The smallest absolute Gasteiger partial charge is 0.344 e. The molecule has 31 heavy (non-hydrogen) atoms. The predicted molar refractivity (Wildman–Crippen MR) is 112 cm³/mol. The number of amides is 1. The van der Waals surface area contributed by atoms with E-state index >= 15 is 0 Å². The van der Waals surface area contributed by atoms with E-state index < -0.39 is 11.7 Å². The molecule has 1 heterocycles. The number of nitrogens with one attached hydrogen (secondary N) is 1. The van der Waals surface area contributed by atoms with E-state index in [0.717, 1.165) is 28.5 Å². The Morgan fingerprint density at radius 3 is 2.45 bits per heavy atom. The number of hydrogen-bond acceptors (Lipinski definition) is 3. The van der Waals surface area contributed by atoms with Crippen molar-refractivity contribution >= 4 is 16.7 Å². The third-order valence-electron chi connectivity index (χ3n) is 5.04. The molecule has 0 radical (unpaired) electrons. The predicted octanol–water partition coefficient (Wildman–Crippen LogP) is 5.81. The lowest BCUT2D eigenvalue weighted by atomic mass is 9.96. The third kappa shape index (κ3) is 4.40. The first-order valence-electron chi connectivity index (χ1n) is 9.60. The summed E-state index contributed by atoms with van der Waals surface area (Å²) in [7, 11) is 0. The van der Waals surface area contributed by atoms with Gasteiger partial charge in [0.2, 0.25) is 0 Å². The standard InChI is InChI=1S/C24H18F3N3O/c1-15(22-14-28-11-12-29-22)30-23(31)18-7-10-21-17(13-18)3-2-4-20(21)16-5-8-19(9-6-16)24(25,26)27/h2-15H,1H3,(H,30,31)/t15-/m1/s1. The lowest BCUT2D eigenvalue weighted by Gasteiger charge is -2.14. The molecule has 0 saturated carbocycles. The van der Waals surface area contributed by atoms with Crippen LogP contribution >= 0.6 is 0 Å². The SMILES string of the molecule is C[C@@H](NC(=O)c1ccc2c(-c3ccc(C(F)(F)F)cc3)cccc2c1)c1cnccn1. The van der Waals surface area contributed by atoms with Crippen molar-refractivity contribution in [3.63, 3.8) is 0 Å². The molecule has 0 saturated heterocycles. The number of carbonyl (C=O) groups excluding carboxylic acids is 1. The minimum Gasteiger partial charge on any atom is -0.344 e. The molecule has 1 N–H and O–H groups in total. The van der Waals surface area contributed by atoms with E-state index in [4.69, 9.17) is 0 Å². The highest BCUT2D eigenvalue weighted by Gasteiger charge is 2.30. The second kappa shape index (κ2) is 8.18. The first-order chi connectivity index (χ1) is 14.8. The van der Waals surface area contributed by atoms with Gasteiger partial charge in [-0.1, -0.05) is 36.4 Å². The summed E-state index contributed by atoms with van der Waals surface area (Å²) in [5.41, 5.74) is 1.92. The van der Waals surface area contributed by atoms with E-state index in [9.17, 15) is 18.0 Å². The van der Waals surface area contributed by atoms with E-state index in [-0.39, 0.29) is 11.9 Å². The van der Waals surface area contributed by atoms with Crippen LogP contribution in [0.3, 0.4) is 0 Å². The maximum atomic E-state index is 12.8. The summed E-state index contributed by atoms with van der Waals surface area (Å²) in [6.07, 6.45) is 0.357. The van der Waals surface area contributed by atoms with Crippen molar-refractivity contribution < 1.29 is 18.0 Å². The topological polar surface area (TPSA) is 54.9 Å². The Hall–Kier alpha value is -3.74. The first-order valence-corrected chi connectivity index (χ1v) is 9.60. The zero-order valence-electron chi connectivity index (χ0n) is 16.5. The van der Waals surface area contributed by atoms with Crippen LogP contribution in [-0.2, 0) is 6.18 Å². The molecule has 0 fully saturated rings. The van der Waals surface area contributed by atoms with Gasteiger partial charge >= 0.3 is 6.18 Å². The summed E-state index contributed by atoms with van der Waals surface area (Å²) < 4.78 is 38.5. The molecule has 1 atom stereocenters. The highest BCUT2D eigenvalue weighted by Crippen LogP contribution is 2.33. The minimum absolute atomic E-state index is 0.250. The fraction of sp³-hybridized carbons (Fsp3) is 0.125. The molecule has 0 bridgehead atoms. The Morgan fingerprint density at radius 1 is 1.00 bits per heavy atom. The van der Waals surface area contributed by atoms with Gasteiger partial charge in [-0.25, -0.2) is 0 Å². The number of rotatable bonds is 4. The number of benzene rings is 3. The molecule has 1 amide bonds. The van der Waals surface area contributed by atoms with Gasteiger partial charge in [-0.15, -0.1) is 0 Å². The van der Waals surface area contributed by atoms with Crippen LogP contribution in [-0.4, -0.2) is 15.9 Å². The molecule has 4 rings (SSSR count). The van der Waals surface area contributed by atoms with E-state index in [1.165, 1.54) is 12.1 Å². The largest absolute Gasteiger partial charge is 0.416 e. The molecular formula is C24H18F3N3O. The lowest BCUT2D eigenvalue weighted by Crippen LogP contribution is -2.27. The summed E-state index contributed by atoms with van der Waals surface area (Å²) >= 11 is 0. The quantitative estimate of drug-likeness (QED) is 0.453. The molecule has 4 nitrogen and oxygen atoms in total. The number of carbonyl (C=O) groups is 1. The van der Waals surface area contributed by atoms with Crippen molar-refractivity contribution in [2.45, 2.75) is 19.1 Å². The average molecular weight is 421 g/mol. The molecule has 1 aromatic heterocycles. The van der Waals surface area contributed by atoms with Crippen molar-refractivity contribution in [2.24, 2.45) is 0 Å². The number of alkyl halides is 3. The molecule has 0 unspecified atom stereocenters. The van der Waals surface area contributed by atoms with E-state index in [1.807, 2.05) is 31.2 Å². The number of nitrogens with zero attached hydrogens (tertiary/aromatic N) is 2. The molecule has 156 valence electrons. The van der Waals surface area contributed by atoms with Gasteiger partial charge in [-0.3, -0.25) is 14.8 Å². The molecule has 0 aliphatic heterocycles. The van der Waals surface area contributed by atoms with Gasteiger partial charge in [0.15, 0.2) is 0 Å². The van der Waals surface area contributed by atoms with Crippen LogP contribution in [0, 0.1) is 0 Å². The zero-order chi connectivity index (χ0) is 22.0. The zero-order valence-corrected chi connectivity index (χ0v) is 16.5. The second-order valence-electron chi connectivity index (χ2n) is 7.14. The third-order valence-corrected chi connectivity index (χ3v) is 5.04. The van der Waals surface area contributed by atoms with E-state index in [0.29, 0.717) is 16.8 Å². The normalized spacial score (nSPS) is 12.5. The fourth-order valence-corrected chi connectivity index (χ4v) is 3.40. The Bertz CT molecular complexity index is 1220. The van der Waals surface area contributed by atoms with Gasteiger partial charge in [-0.05, 0) is 53.1 Å². The maximum absolute atomic E-state index is 12.8. The molecule has 0 aliphatic rings. The van der Waals surface area contributed by atoms with Gasteiger partial charge in [0.25, 0.3) is 5.91 Å². The van der Waals surface area contributed by atoms with Crippen molar-refractivity contribution in [3.05, 3.63) is 96.1 Å². The van der Waals surface area contributed by atoms with Crippen LogP contribution in [0.15, 0.2) is 79.3 Å². The van der Waals surface area contributed by atoms with Gasteiger partial charge < -0.3 is 5.32 Å². The number of fused-ring (bicyclic) bond motifs is 1. The Labute approximate surface area is 176 Å². The molecule has 4 aromatic rings. The molecule has 0 aliphatic carbocycles. The van der Waals surface area contributed by atoms with Crippen molar-refractivity contribution in [1.29, 1.82) is 0 Å². The Kier molecular flexibility index (Phi) is 5.42. The van der Waals surface area contributed by atoms with Crippen LogP contribution in [0.1, 0.15) is 34.6 Å². The number of hydrogen-bond donors (Lipinski definition) is 1. The van der Waals surface area contributed by atoms with Crippen LogP contribution in [0.5, 0.6) is 0 Å². The van der Waals surface area contributed by atoms with Crippen molar-refractivity contribution in [1.82, 2.24) is 15.3 Å². The highest BCUT2D eigenvalue weighted by molar-refractivity contribution is 6.02. The summed E-state index contributed by atoms with van der Waals surface area (Å²) in [6, 6.07) is 15.6. The summed E-state index contributed by atoms with van der Waals surface area (Å²) in [6.45, 7) is 1.83. The molecule has 0 spiro atoms. The summed E-state index contributed by atoms with van der Waals surface area (Å²) in [5.74, 6) is -0.250. The fourth-order valence-electron chi connectivity index (χ4n) is 3.40. The second-order valence-corrected chi connectivity index (χ2v) is 7.14. The van der Waals surface area contributed by atoms with Gasteiger partial charge in [0.05, 0.1) is 23.5 Å². The molecule has 7 heteroatoms. The van der Waals surface area contributed by atoms with Crippen LogP contribution < -0.4 is 5.32 Å². The average Bonchev–Trinajstić information content (AvgIpc) is 2.78. The van der Waals surface area contributed by atoms with Crippen LogP contribution in [0.25, 0.3) is 21.9 Å².